The van der Waals surface area contributed by atoms with Gasteiger partial charge in [-0.2, -0.15) is 0 Å². The minimum Gasteiger partial charge on any atom is -0.491 e. The zero-order valence-electron chi connectivity index (χ0n) is 8.38. The minimum absolute atomic E-state index is 0. The predicted molar refractivity (Wildman–Crippen MR) is 61.8 cm³/mol. The first-order valence-electron chi connectivity index (χ1n) is 4.56. The summed E-state index contributed by atoms with van der Waals surface area (Å²) >= 11 is 0. The summed E-state index contributed by atoms with van der Waals surface area (Å²) in [4.78, 5) is 10.3. The van der Waals surface area contributed by atoms with Crippen LogP contribution < -0.4 is 16.2 Å². The van der Waals surface area contributed by atoms with Crippen molar-refractivity contribution in [3.8, 4) is 5.75 Å². The fourth-order valence-corrected chi connectivity index (χ4v) is 1.72. The van der Waals surface area contributed by atoms with Crippen LogP contribution in [0.2, 0.25) is 0 Å². The SMILES string of the molecule is Cl.Nc1ccc([N+](=O)[O-])c2c1OCC[C@H]2N. The van der Waals surface area contributed by atoms with Crippen LogP contribution in [0.5, 0.6) is 5.75 Å². The molecule has 0 bridgehead atoms. The quantitative estimate of drug-likeness (QED) is 0.442. The highest BCUT2D eigenvalue weighted by Crippen LogP contribution is 2.41. The number of anilines is 1. The summed E-state index contributed by atoms with van der Waals surface area (Å²) in [5.74, 6) is 0.364. The minimum atomic E-state index is -0.465. The Bertz CT molecular complexity index is 425. The summed E-state index contributed by atoms with van der Waals surface area (Å²) in [6.07, 6.45) is 0.567. The molecule has 0 aliphatic carbocycles. The van der Waals surface area contributed by atoms with E-state index in [9.17, 15) is 10.1 Å². The molecule has 1 atom stereocenters. The molecular formula is C9H12ClN3O3. The first kappa shape index (κ1) is 12.5. The lowest BCUT2D eigenvalue weighted by atomic mass is 9.98. The van der Waals surface area contributed by atoms with Crippen LogP contribution in [0.1, 0.15) is 18.0 Å². The molecule has 0 fully saturated rings. The van der Waals surface area contributed by atoms with Crippen LogP contribution in [-0.2, 0) is 0 Å². The van der Waals surface area contributed by atoms with E-state index in [2.05, 4.69) is 0 Å². The molecule has 1 aromatic rings. The third-order valence-electron chi connectivity index (χ3n) is 2.45. The summed E-state index contributed by atoms with van der Waals surface area (Å²) in [5, 5.41) is 10.8. The van der Waals surface area contributed by atoms with Crippen molar-refractivity contribution in [1.82, 2.24) is 0 Å². The topological polar surface area (TPSA) is 104 Å². The summed E-state index contributed by atoms with van der Waals surface area (Å²) in [6.45, 7) is 0.444. The number of nitrogen functional groups attached to an aromatic ring is 1. The number of nitro benzene ring substituents is 1. The van der Waals surface area contributed by atoms with Gasteiger partial charge in [0.25, 0.3) is 5.69 Å². The molecule has 2 rings (SSSR count). The average molecular weight is 246 g/mol. The molecule has 0 radical (unpaired) electrons. The van der Waals surface area contributed by atoms with E-state index in [0.29, 0.717) is 30.0 Å². The van der Waals surface area contributed by atoms with Gasteiger partial charge in [-0.25, -0.2) is 0 Å². The van der Waals surface area contributed by atoms with E-state index in [4.69, 9.17) is 16.2 Å². The van der Waals surface area contributed by atoms with Gasteiger partial charge >= 0.3 is 0 Å². The van der Waals surface area contributed by atoms with E-state index in [1.165, 1.54) is 12.1 Å². The number of hydrogen-bond donors (Lipinski definition) is 2. The van der Waals surface area contributed by atoms with Gasteiger partial charge in [0.15, 0.2) is 5.75 Å². The number of halogens is 1. The maximum Gasteiger partial charge on any atom is 0.278 e. The largest absolute Gasteiger partial charge is 0.491 e. The Labute approximate surface area is 98.1 Å². The van der Waals surface area contributed by atoms with Gasteiger partial charge in [-0.15, -0.1) is 12.4 Å². The molecule has 1 aromatic carbocycles. The lowest BCUT2D eigenvalue weighted by Gasteiger charge is -2.23. The number of fused-ring (bicyclic) bond motifs is 1. The van der Waals surface area contributed by atoms with Gasteiger partial charge in [-0.1, -0.05) is 0 Å². The van der Waals surface area contributed by atoms with Crippen LogP contribution >= 0.6 is 12.4 Å². The van der Waals surface area contributed by atoms with Crippen molar-refractivity contribution in [3.05, 3.63) is 27.8 Å². The van der Waals surface area contributed by atoms with E-state index >= 15 is 0 Å². The number of nitrogens with zero attached hydrogens (tertiary/aromatic N) is 1. The van der Waals surface area contributed by atoms with Gasteiger partial charge in [-0.05, 0) is 6.07 Å². The van der Waals surface area contributed by atoms with Gasteiger partial charge in [0.05, 0.1) is 22.8 Å². The molecule has 0 aromatic heterocycles. The molecule has 7 heteroatoms. The van der Waals surface area contributed by atoms with Gasteiger partial charge in [-0.3, -0.25) is 10.1 Å². The zero-order valence-corrected chi connectivity index (χ0v) is 9.20. The highest BCUT2D eigenvalue weighted by molar-refractivity contribution is 5.85. The summed E-state index contributed by atoms with van der Waals surface area (Å²) < 4.78 is 5.31. The van der Waals surface area contributed by atoms with E-state index in [-0.39, 0.29) is 24.1 Å². The van der Waals surface area contributed by atoms with Crippen molar-refractivity contribution in [2.24, 2.45) is 5.73 Å². The Kier molecular flexibility index (Phi) is 3.56. The maximum absolute atomic E-state index is 10.8. The van der Waals surface area contributed by atoms with Crippen molar-refractivity contribution in [2.45, 2.75) is 12.5 Å². The third-order valence-corrected chi connectivity index (χ3v) is 2.45. The molecule has 0 unspecified atom stereocenters. The molecule has 88 valence electrons. The van der Waals surface area contributed by atoms with E-state index < -0.39 is 4.92 Å². The summed E-state index contributed by atoms with van der Waals surface area (Å²) in [5.41, 5.74) is 12.3. The molecule has 0 saturated carbocycles. The van der Waals surface area contributed by atoms with Crippen molar-refractivity contribution in [1.29, 1.82) is 0 Å². The molecule has 0 amide bonds. The predicted octanol–water partition coefficient (Wildman–Crippen LogP) is 1.38. The molecular weight excluding hydrogens is 234 g/mol. The second kappa shape index (κ2) is 4.54. The average Bonchev–Trinajstić information content (AvgIpc) is 2.19. The molecule has 0 spiro atoms. The smallest absolute Gasteiger partial charge is 0.278 e. The molecule has 1 heterocycles. The molecule has 16 heavy (non-hydrogen) atoms. The fourth-order valence-electron chi connectivity index (χ4n) is 1.72. The summed E-state index contributed by atoms with van der Waals surface area (Å²) in [6, 6.07) is 2.45. The lowest BCUT2D eigenvalue weighted by molar-refractivity contribution is -0.385. The van der Waals surface area contributed by atoms with Crippen LogP contribution in [0.3, 0.4) is 0 Å². The zero-order chi connectivity index (χ0) is 11.0. The second-order valence-electron chi connectivity index (χ2n) is 3.42. The van der Waals surface area contributed by atoms with Crippen LogP contribution in [-0.4, -0.2) is 11.5 Å². The number of nitrogens with two attached hydrogens (primary N) is 2. The third kappa shape index (κ3) is 1.89. The van der Waals surface area contributed by atoms with E-state index in [1.54, 1.807) is 0 Å². The Hall–Kier alpha value is -1.53. The van der Waals surface area contributed by atoms with E-state index in [1.807, 2.05) is 0 Å². The summed E-state index contributed by atoms with van der Waals surface area (Å²) in [7, 11) is 0. The molecule has 4 N–H and O–H groups in total. The standard InChI is InChI=1S/C9H11N3O3.ClH/c10-5-3-4-15-9-6(11)1-2-7(8(5)9)12(13)14;/h1-2,5H,3-4,10-11H2;1H/t5-;/m1./s1. The van der Waals surface area contributed by atoms with Crippen LogP contribution in [0, 0.1) is 10.1 Å². The molecule has 1 aliphatic heterocycles. The number of nitro groups is 1. The van der Waals surface area contributed by atoms with Gasteiger partial charge < -0.3 is 16.2 Å². The number of rotatable bonds is 1. The first-order valence-corrected chi connectivity index (χ1v) is 4.56. The molecule has 6 nitrogen and oxygen atoms in total. The first-order chi connectivity index (χ1) is 7.11. The van der Waals surface area contributed by atoms with Crippen molar-refractivity contribution in [2.75, 3.05) is 12.3 Å². The van der Waals surface area contributed by atoms with Crippen molar-refractivity contribution in [3.63, 3.8) is 0 Å². The van der Waals surface area contributed by atoms with Crippen LogP contribution in [0.25, 0.3) is 0 Å². The Morgan fingerprint density at radius 3 is 2.81 bits per heavy atom. The Balaban J connectivity index is 0.00000128. The van der Waals surface area contributed by atoms with Crippen LogP contribution in [0.15, 0.2) is 12.1 Å². The van der Waals surface area contributed by atoms with Crippen molar-refractivity contribution < 1.29 is 9.66 Å². The van der Waals surface area contributed by atoms with Gasteiger partial charge in [0, 0.05) is 18.5 Å². The second-order valence-corrected chi connectivity index (χ2v) is 3.42. The van der Waals surface area contributed by atoms with Gasteiger partial charge in [0.1, 0.15) is 0 Å². The maximum atomic E-state index is 10.8. The highest BCUT2D eigenvalue weighted by atomic mass is 35.5. The van der Waals surface area contributed by atoms with Crippen LogP contribution in [0.4, 0.5) is 11.4 Å². The monoisotopic (exact) mass is 245 g/mol. The number of ether oxygens (including phenoxy) is 1. The van der Waals surface area contributed by atoms with Gasteiger partial charge in [0.2, 0.25) is 0 Å². The lowest BCUT2D eigenvalue weighted by Crippen LogP contribution is -2.22. The van der Waals surface area contributed by atoms with Crippen molar-refractivity contribution >= 4 is 23.8 Å². The Morgan fingerprint density at radius 1 is 1.50 bits per heavy atom. The normalized spacial score (nSPS) is 17.9. The molecule has 1 aliphatic rings. The molecule has 0 saturated heterocycles. The van der Waals surface area contributed by atoms with E-state index in [0.717, 1.165) is 0 Å². The fraction of sp³-hybridized carbons (Fsp3) is 0.333. The number of hydrogen-bond acceptors (Lipinski definition) is 5. The highest BCUT2D eigenvalue weighted by Gasteiger charge is 2.29. The number of benzene rings is 1. The Morgan fingerprint density at radius 2 is 2.19 bits per heavy atom.